The standard InChI is InChI=1S/C68H121O11P/c1-4-7-10-13-16-19-22-25-28-31-32-35-36-39-42-45-48-51-54-57-66(70)75-61-65(79-68(72)59-56-53-50-47-44-41-38-34-30-27-24-21-18-15-12-9-6-3)63-77-80(73,74)76-62-64(60-69)78-67(71)58-55-52-49-46-43-40-37-33-29-26-23-20-17-14-11-8-5-2/h9,12,17-18,20-21,26-27,29-30,38,41,64-65,69H,4-8,10-11,13-16,19,22-25,28,31-37,39-40,42-63H2,1-3H3,(H,73,74)/b12-9-,20-17-,21-18-,29-26-,30-27-,41-38-. The summed E-state index contributed by atoms with van der Waals surface area (Å²) in [4.78, 5) is 48.8. The molecule has 0 fully saturated rings. The Morgan fingerprint density at radius 3 is 1.02 bits per heavy atom. The van der Waals surface area contributed by atoms with E-state index in [0.29, 0.717) is 19.3 Å². The zero-order chi connectivity index (χ0) is 58.3. The Kier molecular flexibility index (Phi) is 59.6. The van der Waals surface area contributed by atoms with Crippen LogP contribution in [0.1, 0.15) is 303 Å². The SMILES string of the molecule is CC/C=C\C/C=C\C/C=C\C/C=C\CCCCCCC(=O)OC(COC(=O)CCCCCCCCCCCCCCCCCCCCC)COP(=O)(O)OCC(CO)OC(=O)CCCCCCCCC/C=C\C/C=C\CCCCC. The first-order chi connectivity index (χ1) is 39.2. The van der Waals surface area contributed by atoms with E-state index in [4.69, 9.17) is 23.3 Å². The summed E-state index contributed by atoms with van der Waals surface area (Å²) in [6.07, 6.45) is 71.4. The molecule has 0 aliphatic carbocycles. The van der Waals surface area contributed by atoms with Gasteiger partial charge in [0.05, 0.1) is 19.8 Å². The van der Waals surface area contributed by atoms with Crippen molar-refractivity contribution in [2.24, 2.45) is 0 Å². The van der Waals surface area contributed by atoms with Gasteiger partial charge in [0.1, 0.15) is 12.7 Å². The highest BCUT2D eigenvalue weighted by Gasteiger charge is 2.28. The Balaban J connectivity index is 4.70. The van der Waals surface area contributed by atoms with E-state index in [1.165, 1.54) is 135 Å². The lowest BCUT2D eigenvalue weighted by Crippen LogP contribution is -2.30. The highest BCUT2D eigenvalue weighted by Crippen LogP contribution is 2.43. The number of carbonyl (C=O) groups excluding carboxylic acids is 3. The highest BCUT2D eigenvalue weighted by atomic mass is 31.2. The largest absolute Gasteiger partial charge is 0.472 e. The fraction of sp³-hybridized carbons (Fsp3) is 0.779. The molecule has 3 unspecified atom stereocenters. The summed E-state index contributed by atoms with van der Waals surface area (Å²) in [6.45, 7) is 4.53. The number of esters is 3. The van der Waals surface area contributed by atoms with Gasteiger partial charge in [-0.1, -0.05) is 267 Å². The van der Waals surface area contributed by atoms with Crippen LogP contribution in [0.2, 0.25) is 0 Å². The fourth-order valence-corrected chi connectivity index (χ4v) is 9.93. The second-order valence-corrected chi connectivity index (χ2v) is 23.4. The first-order valence-corrected chi connectivity index (χ1v) is 34.3. The van der Waals surface area contributed by atoms with Crippen molar-refractivity contribution in [1.82, 2.24) is 0 Å². The number of aliphatic hydroxyl groups excluding tert-OH is 1. The van der Waals surface area contributed by atoms with E-state index in [2.05, 4.69) is 93.7 Å². The van der Waals surface area contributed by atoms with Crippen molar-refractivity contribution in [2.45, 2.75) is 315 Å². The van der Waals surface area contributed by atoms with Crippen LogP contribution in [0.25, 0.3) is 0 Å². The van der Waals surface area contributed by atoms with Gasteiger partial charge in [-0.25, -0.2) is 4.57 Å². The highest BCUT2D eigenvalue weighted by molar-refractivity contribution is 7.47. The van der Waals surface area contributed by atoms with Crippen LogP contribution in [-0.2, 0) is 42.2 Å². The summed E-state index contributed by atoms with van der Waals surface area (Å²) < 4.78 is 39.7. The summed E-state index contributed by atoms with van der Waals surface area (Å²) in [7, 11) is -4.76. The summed E-state index contributed by atoms with van der Waals surface area (Å²) in [5, 5.41) is 9.86. The van der Waals surface area contributed by atoms with Gasteiger partial charge >= 0.3 is 25.7 Å². The van der Waals surface area contributed by atoms with Crippen LogP contribution >= 0.6 is 7.82 Å². The number of allylic oxidation sites excluding steroid dienone is 12. The predicted octanol–water partition coefficient (Wildman–Crippen LogP) is 20.0. The number of carbonyl (C=O) groups is 3. The monoisotopic (exact) mass is 1140 g/mol. The van der Waals surface area contributed by atoms with Crippen molar-refractivity contribution in [2.75, 3.05) is 26.4 Å². The van der Waals surface area contributed by atoms with E-state index in [-0.39, 0.29) is 25.9 Å². The summed E-state index contributed by atoms with van der Waals surface area (Å²) in [5.74, 6) is -1.49. The van der Waals surface area contributed by atoms with Crippen molar-refractivity contribution in [3.63, 3.8) is 0 Å². The van der Waals surface area contributed by atoms with Gasteiger partial charge in [-0.2, -0.15) is 0 Å². The van der Waals surface area contributed by atoms with Gasteiger partial charge in [-0.05, 0) is 89.9 Å². The average Bonchev–Trinajstić information content (AvgIpc) is 3.45. The number of hydrogen-bond donors (Lipinski definition) is 2. The van der Waals surface area contributed by atoms with Crippen molar-refractivity contribution in [1.29, 1.82) is 0 Å². The van der Waals surface area contributed by atoms with Crippen molar-refractivity contribution in [3.8, 4) is 0 Å². The summed E-state index contributed by atoms with van der Waals surface area (Å²) in [5.41, 5.74) is 0. The molecule has 11 nitrogen and oxygen atoms in total. The van der Waals surface area contributed by atoms with Crippen LogP contribution in [0.4, 0.5) is 0 Å². The van der Waals surface area contributed by atoms with Crippen LogP contribution in [0.5, 0.6) is 0 Å². The first-order valence-electron chi connectivity index (χ1n) is 32.8. The number of phosphoric ester groups is 1. The van der Waals surface area contributed by atoms with Gasteiger partial charge in [0.15, 0.2) is 6.10 Å². The van der Waals surface area contributed by atoms with Crippen LogP contribution in [0.3, 0.4) is 0 Å². The van der Waals surface area contributed by atoms with Crippen LogP contribution in [0.15, 0.2) is 72.9 Å². The van der Waals surface area contributed by atoms with Crippen molar-refractivity contribution in [3.05, 3.63) is 72.9 Å². The van der Waals surface area contributed by atoms with Crippen molar-refractivity contribution < 1.29 is 52.2 Å². The molecular weight excluding hydrogens is 1020 g/mol. The lowest BCUT2D eigenvalue weighted by Gasteiger charge is -2.21. The molecule has 0 saturated carbocycles. The Morgan fingerprint density at radius 2 is 0.650 bits per heavy atom. The number of unbranched alkanes of at least 4 members (excludes halogenated alkanes) is 32. The third-order valence-electron chi connectivity index (χ3n) is 14.1. The van der Waals surface area contributed by atoms with Crippen LogP contribution in [-0.4, -0.2) is 66.5 Å². The number of aliphatic hydroxyl groups is 1. The number of hydrogen-bond acceptors (Lipinski definition) is 10. The molecule has 0 radical (unpaired) electrons. The Morgan fingerprint density at radius 1 is 0.362 bits per heavy atom. The molecule has 0 bridgehead atoms. The molecule has 0 aliphatic rings. The molecule has 0 aliphatic heterocycles. The maximum absolute atomic E-state index is 13.0. The molecule has 0 aromatic heterocycles. The van der Waals surface area contributed by atoms with Gasteiger partial charge < -0.3 is 24.2 Å². The molecule has 0 amide bonds. The minimum Gasteiger partial charge on any atom is -0.462 e. The smallest absolute Gasteiger partial charge is 0.462 e. The zero-order valence-corrected chi connectivity index (χ0v) is 52.4. The molecule has 0 spiro atoms. The Bertz CT molecular complexity index is 1620. The molecule has 80 heavy (non-hydrogen) atoms. The van der Waals surface area contributed by atoms with Gasteiger partial charge in [0.25, 0.3) is 0 Å². The van der Waals surface area contributed by atoms with Crippen LogP contribution < -0.4 is 0 Å². The summed E-state index contributed by atoms with van der Waals surface area (Å²) >= 11 is 0. The van der Waals surface area contributed by atoms with Gasteiger partial charge in [-0.3, -0.25) is 23.4 Å². The zero-order valence-electron chi connectivity index (χ0n) is 51.5. The average molecular weight is 1150 g/mol. The molecule has 0 rings (SSSR count). The van der Waals surface area contributed by atoms with E-state index in [1.54, 1.807) is 0 Å². The fourth-order valence-electron chi connectivity index (χ4n) is 9.14. The third kappa shape index (κ3) is 59.5. The van der Waals surface area contributed by atoms with Gasteiger partial charge in [-0.15, -0.1) is 0 Å². The first kappa shape index (κ1) is 76.9. The maximum Gasteiger partial charge on any atom is 0.472 e. The topological polar surface area (TPSA) is 155 Å². The molecule has 0 aromatic carbocycles. The molecule has 2 N–H and O–H groups in total. The molecule has 0 heterocycles. The number of phosphoric acid groups is 1. The second-order valence-electron chi connectivity index (χ2n) is 21.9. The summed E-state index contributed by atoms with van der Waals surface area (Å²) in [6, 6.07) is 0. The number of rotatable bonds is 61. The van der Waals surface area contributed by atoms with E-state index in [9.17, 15) is 28.9 Å². The normalized spacial score (nSPS) is 13.7. The third-order valence-corrected chi connectivity index (χ3v) is 15.1. The lowest BCUT2D eigenvalue weighted by atomic mass is 10.0. The second kappa shape index (κ2) is 62.0. The minimum atomic E-state index is -4.76. The Labute approximate surface area is 490 Å². The maximum atomic E-state index is 13.0. The van der Waals surface area contributed by atoms with E-state index in [1.807, 2.05) is 0 Å². The molecular formula is C68H121O11P. The van der Waals surface area contributed by atoms with Gasteiger partial charge in [0, 0.05) is 19.3 Å². The van der Waals surface area contributed by atoms with E-state index < -0.39 is 57.8 Å². The van der Waals surface area contributed by atoms with E-state index >= 15 is 0 Å². The Hall–Kier alpha value is -3.08. The van der Waals surface area contributed by atoms with Crippen LogP contribution in [0, 0.1) is 0 Å². The quantitative estimate of drug-likeness (QED) is 0.0197. The molecule has 464 valence electrons. The number of ether oxygens (including phenoxy) is 3. The molecule has 3 atom stereocenters. The molecule has 12 heteroatoms. The van der Waals surface area contributed by atoms with Crippen molar-refractivity contribution >= 4 is 25.7 Å². The minimum absolute atomic E-state index is 0.139. The van der Waals surface area contributed by atoms with Gasteiger partial charge in [0.2, 0.25) is 0 Å². The predicted molar refractivity (Wildman–Crippen MR) is 335 cm³/mol. The van der Waals surface area contributed by atoms with E-state index in [0.717, 1.165) is 109 Å². The molecule has 0 saturated heterocycles. The lowest BCUT2D eigenvalue weighted by molar-refractivity contribution is -0.161. The molecule has 0 aromatic rings.